The van der Waals surface area contributed by atoms with Gasteiger partial charge in [0.2, 0.25) is 11.8 Å². The Hall–Kier alpha value is -1.16. The Bertz CT molecular complexity index is 1090. The van der Waals surface area contributed by atoms with E-state index in [1.54, 1.807) is 0 Å². The maximum atomic E-state index is 12.9. The molecule has 2 aliphatic heterocycles. The van der Waals surface area contributed by atoms with E-state index in [2.05, 4.69) is 15.0 Å². The maximum Gasteiger partial charge on any atom is 0.476 e. The predicted molar refractivity (Wildman–Crippen MR) is 115 cm³/mol. The third kappa shape index (κ3) is 3.26. The summed E-state index contributed by atoms with van der Waals surface area (Å²) in [5.41, 5.74) is 3.45. The molecule has 2 saturated heterocycles. The smallest absolute Gasteiger partial charge is 0.476 e. The molecule has 6 atom stereocenters. The topological polar surface area (TPSA) is 173 Å². The van der Waals surface area contributed by atoms with Gasteiger partial charge in [-0.05, 0) is 6.92 Å². The molecule has 4 heterocycles. The van der Waals surface area contributed by atoms with Crippen LogP contribution in [0.15, 0.2) is 6.33 Å². The fraction of sp³-hybridized carbons (Fsp3) is 0.688. The normalized spacial score (nSPS) is 37.6. The van der Waals surface area contributed by atoms with Gasteiger partial charge >= 0.3 is 7.82 Å². The lowest BCUT2D eigenvalue weighted by Crippen LogP contribution is -2.47. The molecular formula is C16H22N5O8PS2. The Balaban J connectivity index is 1.33. The number of phosphoric acid groups is 1. The second-order valence-electron chi connectivity index (χ2n) is 7.53. The van der Waals surface area contributed by atoms with Crippen LogP contribution < -0.4 is 10.5 Å². The number of methoxy groups -OCH3 is 1. The molecule has 5 rings (SSSR count). The van der Waals surface area contributed by atoms with Crippen LogP contribution in [0.1, 0.15) is 13.2 Å². The summed E-state index contributed by atoms with van der Waals surface area (Å²) < 4.78 is 42.3. The molecule has 16 heteroatoms. The van der Waals surface area contributed by atoms with Crippen LogP contribution in [0.5, 0.6) is 5.88 Å². The van der Waals surface area contributed by atoms with Crippen molar-refractivity contribution in [2.75, 3.05) is 37.6 Å². The van der Waals surface area contributed by atoms with Gasteiger partial charge in [0, 0.05) is 11.5 Å². The number of hydrogen-bond donors (Lipinski definition) is 3. The molecule has 1 saturated carbocycles. The van der Waals surface area contributed by atoms with E-state index in [1.807, 2.05) is 0 Å². The first kappa shape index (κ1) is 22.6. The lowest BCUT2D eigenvalue weighted by atomic mass is 9.95. The Morgan fingerprint density at radius 1 is 1.34 bits per heavy atom. The highest BCUT2D eigenvalue weighted by Crippen LogP contribution is 2.77. The predicted octanol–water partition coefficient (Wildman–Crippen LogP) is 0.732. The molecule has 2 aromatic rings. The Morgan fingerprint density at radius 3 is 2.88 bits per heavy atom. The number of aliphatic hydroxyl groups excluding tert-OH is 1. The highest BCUT2D eigenvalue weighted by Gasteiger charge is 2.90. The van der Waals surface area contributed by atoms with Gasteiger partial charge in [-0.15, -0.1) is 0 Å². The summed E-state index contributed by atoms with van der Waals surface area (Å²) in [6.45, 7) is 1.73. The molecule has 0 amide bonds. The number of fused-ring (bicyclic) bond motifs is 2. The van der Waals surface area contributed by atoms with Crippen molar-refractivity contribution in [3.05, 3.63) is 6.33 Å². The van der Waals surface area contributed by atoms with Crippen LogP contribution >= 0.6 is 29.4 Å². The molecule has 2 aromatic heterocycles. The summed E-state index contributed by atoms with van der Waals surface area (Å²) in [5.74, 6) is 1.29. The van der Waals surface area contributed by atoms with Gasteiger partial charge < -0.3 is 25.4 Å². The monoisotopic (exact) mass is 507 g/mol. The molecule has 6 unspecified atom stereocenters. The van der Waals surface area contributed by atoms with Crippen LogP contribution in [0.25, 0.3) is 11.2 Å². The van der Waals surface area contributed by atoms with Gasteiger partial charge in [0.25, 0.3) is 0 Å². The zero-order valence-corrected chi connectivity index (χ0v) is 19.6. The number of nitrogens with zero attached hydrogens (tertiary/aromatic N) is 4. The van der Waals surface area contributed by atoms with Crippen molar-refractivity contribution in [1.82, 2.24) is 19.5 Å². The molecule has 32 heavy (non-hydrogen) atoms. The first-order valence-electron chi connectivity index (χ1n) is 9.68. The van der Waals surface area contributed by atoms with Gasteiger partial charge in [-0.1, -0.05) is 21.6 Å². The molecule has 176 valence electrons. The number of rotatable bonds is 9. The van der Waals surface area contributed by atoms with E-state index < -0.39 is 37.5 Å². The summed E-state index contributed by atoms with van der Waals surface area (Å²) in [7, 11) is 0.527. The SMILES string of the molecule is COc1nc(N)nc2c1ncn2C1OC2C3OP(=O)(OCCSSCCO)OC23C1(C)O. The lowest BCUT2D eigenvalue weighted by Gasteiger charge is -2.32. The highest BCUT2D eigenvalue weighted by molar-refractivity contribution is 8.76. The Morgan fingerprint density at radius 2 is 2.12 bits per heavy atom. The number of nitrogens with two attached hydrogens (primary N) is 1. The first-order valence-corrected chi connectivity index (χ1v) is 13.6. The fourth-order valence-corrected chi connectivity index (χ4v) is 7.65. The summed E-state index contributed by atoms with van der Waals surface area (Å²) in [6, 6.07) is 0. The van der Waals surface area contributed by atoms with Crippen molar-refractivity contribution in [2.45, 2.75) is 36.6 Å². The van der Waals surface area contributed by atoms with Gasteiger partial charge in [-0.3, -0.25) is 18.1 Å². The van der Waals surface area contributed by atoms with Crippen molar-refractivity contribution < 1.29 is 37.8 Å². The van der Waals surface area contributed by atoms with Gasteiger partial charge in [-0.25, -0.2) is 9.55 Å². The highest BCUT2D eigenvalue weighted by atomic mass is 33.1. The first-order chi connectivity index (χ1) is 15.3. The van der Waals surface area contributed by atoms with Gasteiger partial charge in [0.15, 0.2) is 23.0 Å². The number of aromatic nitrogens is 4. The van der Waals surface area contributed by atoms with Crippen LogP contribution in [0, 0.1) is 0 Å². The van der Waals surface area contributed by atoms with Crippen LogP contribution in [0.2, 0.25) is 0 Å². The second-order valence-corrected chi connectivity index (χ2v) is 11.8. The van der Waals surface area contributed by atoms with E-state index in [0.29, 0.717) is 22.7 Å². The molecule has 0 bridgehead atoms. The van der Waals surface area contributed by atoms with Crippen molar-refractivity contribution in [2.24, 2.45) is 0 Å². The van der Waals surface area contributed by atoms with Crippen molar-refractivity contribution in [1.29, 1.82) is 0 Å². The molecule has 0 aromatic carbocycles. The van der Waals surface area contributed by atoms with E-state index in [9.17, 15) is 9.67 Å². The Kier molecular flexibility index (Phi) is 5.63. The molecule has 1 aliphatic carbocycles. The average Bonchev–Trinajstić information content (AvgIpc) is 3.04. The van der Waals surface area contributed by atoms with Crippen molar-refractivity contribution in [3.63, 3.8) is 0 Å². The third-order valence-electron chi connectivity index (χ3n) is 5.59. The second kappa shape index (κ2) is 7.96. The summed E-state index contributed by atoms with van der Waals surface area (Å²) in [6.07, 6.45) is -0.890. The average molecular weight is 507 g/mol. The fourth-order valence-electron chi connectivity index (χ4n) is 4.15. The van der Waals surface area contributed by atoms with Crippen LogP contribution in [0.4, 0.5) is 5.95 Å². The third-order valence-corrected chi connectivity index (χ3v) is 9.45. The molecule has 3 fully saturated rings. The van der Waals surface area contributed by atoms with Gasteiger partial charge in [0.05, 0.1) is 26.7 Å². The summed E-state index contributed by atoms with van der Waals surface area (Å²) >= 11 is 0. The number of anilines is 1. The molecule has 13 nitrogen and oxygen atoms in total. The summed E-state index contributed by atoms with van der Waals surface area (Å²) in [5, 5.41) is 20.2. The number of ether oxygens (including phenoxy) is 2. The van der Waals surface area contributed by atoms with Crippen molar-refractivity contribution in [3.8, 4) is 5.88 Å². The quantitative estimate of drug-likeness (QED) is 0.246. The number of phosphoric ester groups is 1. The number of aliphatic hydroxyl groups is 2. The van der Waals surface area contributed by atoms with Gasteiger partial charge in [0.1, 0.15) is 17.8 Å². The van der Waals surface area contributed by atoms with Crippen molar-refractivity contribution >= 4 is 46.5 Å². The molecule has 4 N–H and O–H groups in total. The minimum Gasteiger partial charge on any atom is -0.479 e. The molecular weight excluding hydrogens is 485 g/mol. The number of imidazole rings is 1. The standard InChI is InChI=1S/C16H22N5O8PS2/c1-15(23)13(21-7-18-8-11(21)19-14(17)20-12(8)25-2)27-9-10-16(9,15)29-30(24,28-10)26-4-6-32-31-5-3-22/h7,9-10,13,22-23H,3-6H2,1-2H3,(H2,17,19,20). The van der Waals surface area contributed by atoms with Crippen LogP contribution in [0.3, 0.4) is 0 Å². The molecule has 1 spiro atoms. The summed E-state index contributed by atoms with van der Waals surface area (Å²) in [4.78, 5) is 12.5. The number of nitrogen functional groups attached to an aromatic ring is 1. The zero-order chi connectivity index (χ0) is 22.7. The lowest BCUT2D eigenvalue weighted by molar-refractivity contribution is -0.134. The molecule has 3 aliphatic rings. The molecule has 0 radical (unpaired) electrons. The number of hydrogen-bond acceptors (Lipinski definition) is 14. The minimum absolute atomic E-state index is 0.0247. The largest absolute Gasteiger partial charge is 0.479 e. The minimum atomic E-state index is -3.87. The van der Waals surface area contributed by atoms with E-state index in [1.165, 1.54) is 46.5 Å². The zero-order valence-electron chi connectivity index (χ0n) is 17.1. The van der Waals surface area contributed by atoms with E-state index >= 15 is 0 Å². The van der Waals surface area contributed by atoms with E-state index in [4.69, 9.17) is 33.9 Å². The van der Waals surface area contributed by atoms with Crippen LogP contribution in [-0.4, -0.2) is 85.0 Å². The van der Waals surface area contributed by atoms with Gasteiger partial charge in [-0.2, -0.15) is 9.97 Å². The van der Waals surface area contributed by atoms with E-state index in [-0.39, 0.29) is 25.0 Å². The van der Waals surface area contributed by atoms with Crippen LogP contribution in [-0.2, 0) is 22.9 Å². The Labute approximate surface area is 190 Å². The maximum absolute atomic E-state index is 12.9. The van der Waals surface area contributed by atoms with E-state index in [0.717, 1.165) is 0 Å².